The Kier molecular flexibility index (Phi) is 5.72. The average Bonchev–Trinajstić information content (AvgIpc) is 2.50. The molecule has 8 heteroatoms. The van der Waals surface area contributed by atoms with Crippen LogP contribution in [0.25, 0.3) is 0 Å². The van der Waals surface area contributed by atoms with Crippen LogP contribution < -0.4 is 16.6 Å². The van der Waals surface area contributed by atoms with E-state index in [4.69, 9.17) is 4.74 Å². The minimum Gasteiger partial charge on any atom is -0.454 e. The maximum absolute atomic E-state index is 11.8. The molecule has 2 N–H and O–H groups in total. The molecule has 0 aliphatic heterocycles. The van der Waals surface area contributed by atoms with E-state index in [2.05, 4.69) is 12.2 Å². The highest BCUT2D eigenvalue weighted by molar-refractivity contribution is 5.80. The molecule has 0 radical (unpaired) electrons. The topological polar surface area (TPSA) is 110 Å². The monoisotopic (exact) mass is 323 g/mol. The van der Waals surface area contributed by atoms with E-state index in [-0.39, 0.29) is 25.1 Å². The van der Waals surface area contributed by atoms with E-state index in [0.717, 1.165) is 29.9 Å². The summed E-state index contributed by atoms with van der Waals surface area (Å²) in [5.41, 5.74) is -1.24. The highest BCUT2D eigenvalue weighted by Crippen LogP contribution is 2.23. The van der Waals surface area contributed by atoms with Gasteiger partial charge in [-0.3, -0.25) is 23.9 Å². The predicted molar refractivity (Wildman–Crippen MR) is 81.8 cm³/mol. The van der Waals surface area contributed by atoms with Crippen LogP contribution in [-0.4, -0.2) is 34.1 Å². The number of hydrogen-bond donors (Lipinski definition) is 2. The van der Waals surface area contributed by atoms with E-state index in [9.17, 15) is 19.2 Å². The Morgan fingerprint density at radius 3 is 2.78 bits per heavy atom. The molecule has 23 heavy (non-hydrogen) atoms. The first-order valence-corrected chi connectivity index (χ1v) is 7.70. The zero-order valence-electron chi connectivity index (χ0n) is 13.0. The van der Waals surface area contributed by atoms with Crippen LogP contribution in [0.5, 0.6) is 0 Å². The molecule has 0 unspecified atom stereocenters. The Morgan fingerprint density at radius 2 is 2.09 bits per heavy atom. The normalized spacial score (nSPS) is 20.7. The Balaban J connectivity index is 1.78. The molecule has 1 heterocycles. The predicted octanol–water partition coefficient (Wildman–Crippen LogP) is -0.225. The van der Waals surface area contributed by atoms with Gasteiger partial charge < -0.3 is 10.1 Å². The summed E-state index contributed by atoms with van der Waals surface area (Å²) >= 11 is 0. The van der Waals surface area contributed by atoms with Gasteiger partial charge >= 0.3 is 11.7 Å². The van der Waals surface area contributed by atoms with Gasteiger partial charge in [0, 0.05) is 18.3 Å². The van der Waals surface area contributed by atoms with Gasteiger partial charge in [0.2, 0.25) is 0 Å². The zero-order chi connectivity index (χ0) is 16.8. The Hall–Kier alpha value is -2.38. The highest BCUT2D eigenvalue weighted by Gasteiger charge is 2.23. The number of aromatic amines is 1. The molecule has 8 nitrogen and oxygen atoms in total. The minimum atomic E-state index is -0.717. The maximum atomic E-state index is 11.8. The Labute approximate surface area is 132 Å². The van der Waals surface area contributed by atoms with Crippen molar-refractivity contribution in [2.45, 2.75) is 45.2 Å². The molecule has 126 valence electrons. The van der Waals surface area contributed by atoms with Gasteiger partial charge in [-0.15, -0.1) is 0 Å². The summed E-state index contributed by atoms with van der Waals surface area (Å²) in [6.07, 6.45) is 5.49. The summed E-state index contributed by atoms with van der Waals surface area (Å²) in [7, 11) is 0. The lowest BCUT2D eigenvalue weighted by Gasteiger charge is -2.29. The van der Waals surface area contributed by atoms with Gasteiger partial charge in [0.25, 0.3) is 11.5 Å². The molecule has 1 aliphatic rings. The smallest absolute Gasteiger partial charge is 0.328 e. The summed E-state index contributed by atoms with van der Waals surface area (Å²) in [4.78, 5) is 47.9. The van der Waals surface area contributed by atoms with E-state index < -0.39 is 17.2 Å². The maximum Gasteiger partial charge on any atom is 0.328 e. The van der Waals surface area contributed by atoms with Crippen molar-refractivity contribution in [1.29, 1.82) is 0 Å². The van der Waals surface area contributed by atoms with E-state index in [1.54, 1.807) is 0 Å². The molecule has 1 saturated carbocycles. The number of nitrogens with zero attached hydrogens (tertiary/aromatic N) is 1. The van der Waals surface area contributed by atoms with Crippen molar-refractivity contribution >= 4 is 11.9 Å². The van der Waals surface area contributed by atoms with Crippen molar-refractivity contribution in [2.75, 3.05) is 6.61 Å². The number of carbonyl (C=O) groups is 2. The van der Waals surface area contributed by atoms with Crippen LogP contribution in [0.4, 0.5) is 0 Å². The average molecular weight is 323 g/mol. The molecule has 1 aromatic heterocycles. The quantitative estimate of drug-likeness (QED) is 0.728. The van der Waals surface area contributed by atoms with Gasteiger partial charge in [-0.05, 0) is 18.8 Å². The second-order valence-corrected chi connectivity index (χ2v) is 5.83. The van der Waals surface area contributed by atoms with Gasteiger partial charge in [-0.1, -0.05) is 19.8 Å². The van der Waals surface area contributed by atoms with Crippen LogP contribution in [0.3, 0.4) is 0 Å². The number of hydrogen-bond acceptors (Lipinski definition) is 5. The number of amides is 1. The van der Waals surface area contributed by atoms with Gasteiger partial charge in [0.15, 0.2) is 6.61 Å². The van der Waals surface area contributed by atoms with Crippen molar-refractivity contribution in [1.82, 2.24) is 14.9 Å². The summed E-state index contributed by atoms with van der Waals surface area (Å²) in [5, 5.41) is 2.87. The van der Waals surface area contributed by atoms with Gasteiger partial charge in [0.1, 0.15) is 6.54 Å². The fraction of sp³-hybridized carbons (Fsp3) is 0.600. The number of esters is 1. The zero-order valence-corrected chi connectivity index (χ0v) is 13.0. The van der Waals surface area contributed by atoms with E-state index in [0.29, 0.717) is 5.92 Å². The van der Waals surface area contributed by atoms with E-state index in [1.165, 1.54) is 12.6 Å². The standard InChI is InChI=1S/C15H21N3O5/c1-10-4-2-3-5-11(10)16-13(20)9-23-14(21)8-18-7-6-12(19)17-15(18)22/h6-7,10-11H,2-5,8-9H2,1H3,(H,16,20)(H,17,19,22)/t10-,11-/m1/s1. The lowest BCUT2D eigenvalue weighted by molar-refractivity contribution is -0.149. The van der Waals surface area contributed by atoms with E-state index in [1.807, 2.05) is 4.98 Å². The van der Waals surface area contributed by atoms with Crippen molar-refractivity contribution in [3.8, 4) is 0 Å². The van der Waals surface area contributed by atoms with Crippen molar-refractivity contribution in [3.05, 3.63) is 33.1 Å². The highest BCUT2D eigenvalue weighted by atomic mass is 16.5. The first-order chi connectivity index (χ1) is 11.0. The third kappa shape index (κ3) is 5.08. The number of rotatable bonds is 5. The fourth-order valence-corrected chi connectivity index (χ4v) is 2.68. The third-order valence-corrected chi connectivity index (χ3v) is 4.02. The molecule has 1 amide bonds. The summed E-state index contributed by atoms with van der Waals surface area (Å²) < 4.78 is 5.87. The number of H-pyrrole nitrogens is 1. The molecule has 0 bridgehead atoms. The summed E-state index contributed by atoms with van der Waals surface area (Å²) in [6.45, 7) is 1.36. The molecule has 0 aromatic carbocycles. The third-order valence-electron chi connectivity index (χ3n) is 4.02. The lowest BCUT2D eigenvalue weighted by atomic mass is 9.86. The Bertz CT molecular complexity index is 678. The first kappa shape index (κ1) is 17.0. The van der Waals surface area contributed by atoms with Crippen LogP contribution in [0.1, 0.15) is 32.6 Å². The number of ether oxygens (including phenoxy) is 1. The molecule has 2 rings (SSSR count). The number of aromatic nitrogens is 2. The number of nitrogens with one attached hydrogen (secondary N) is 2. The SMILES string of the molecule is C[C@@H]1CCCC[C@H]1NC(=O)COC(=O)Cn1ccc(=O)[nH]c1=O. The minimum absolute atomic E-state index is 0.122. The van der Waals surface area contributed by atoms with Crippen LogP contribution >= 0.6 is 0 Å². The lowest BCUT2D eigenvalue weighted by Crippen LogP contribution is -2.43. The molecule has 1 aromatic rings. The molecular weight excluding hydrogens is 302 g/mol. The van der Waals surface area contributed by atoms with Crippen LogP contribution in [-0.2, 0) is 20.9 Å². The van der Waals surface area contributed by atoms with Crippen LogP contribution in [0, 0.1) is 5.92 Å². The van der Waals surface area contributed by atoms with Gasteiger partial charge in [0.05, 0.1) is 0 Å². The molecule has 0 spiro atoms. The number of carbonyl (C=O) groups excluding carboxylic acids is 2. The van der Waals surface area contributed by atoms with Crippen LogP contribution in [0.2, 0.25) is 0 Å². The van der Waals surface area contributed by atoms with Gasteiger partial charge in [-0.25, -0.2) is 4.79 Å². The molecule has 1 fully saturated rings. The second-order valence-electron chi connectivity index (χ2n) is 5.83. The summed E-state index contributed by atoms with van der Waals surface area (Å²) in [5.74, 6) is -0.639. The molecular formula is C15H21N3O5. The van der Waals surface area contributed by atoms with Crippen molar-refractivity contribution in [2.24, 2.45) is 5.92 Å². The summed E-state index contributed by atoms with van der Waals surface area (Å²) in [6, 6.07) is 1.25. The first-order valence-electron chi connectivity index (χ1n) is 7.70. The molecule has 0 saturated heterocycles. The molecule has 2 atom stereocenters. The van der Waals surface area contributed by atoms with Gasteiger partial charge in [-0.2, -0.15) is 0 Å². The largest absolute Gasteiger partial charge is 0.454 e. The van der Waals surface area contributed by atoms with Crippen LogP contribution in [0.15, 0.2) is 21.9 Å². The second kappa shape index (κ2) is 7.75. The fourth-order valence-electron chi connectivity index (χ4n) is 2.68. The molecule has 1 aliphatic carbocycles. The van der Waals surface area contributed by atoms with Crippen molar-refractivity contribution < 1.29 is 14.3 Å². The van der Waals surface area contributed by atoms with E-state index >= 15 is 0 Å². The van der Waals surface area contributed by atoms with Crippen molar-refractivity contribution in [3.63, 3.8) is 0 Å². The Morgan fingerprint density at radius 1 is 1.35 bits per heavy atom.